The van der Waals surface area contributed by atoms with Crippen molar-refractivity contribution in [3.8, 4) is 5.88 Å². The lowest BCUT2D eigenvalue weighted by molar-refractivity contribution is 0.0184. The number of carbonyl (C=O) groups excluding carboxylic acids is 1. The molecule has 3 N–H and O–H groups in total. The fraction of sp³-hybridized carbons (Fsp3) is 0.700. The Bertz CT molecular complexity index is 653. The van der Waals surface area contributed by atoms with Crippen molar-refractivity contribution in [2.45, 2.75) is 52.6 Å². The molecule has 6 nitrogen and oxygen atoms in total. The highest BCUT2D eigenvalue weighted by Gasteiger charge is 2.27. The van der Waals surface area contributed by atoms with Gasteiger partial charge in [0.1, 0.15) is 5.82 Å². The van der Waals surface area contributed by atoms with Crippen molar-refractivity contribution in [1.29, 1.82) is 0 Å². The maximum Gasteiger partial charge on any atom is 0.226 e. The SMILES string of the molecule is COc1nc(N)c(Cl)cc1C(=O)CCC1CCN(CC(O)C(C)(C)C)CC1. The molecule has 0 saturated carbocycles. The number of likely N-dealkylation sites (tertiary alicyclic amines) is 1. The normalized spacial score (nSPS) is 17.7. The number of nitrogen functional groups attached to an aromatic ring is 1. The second kappa shape index (κ2) is 9.22. The Balaban J connectivity index is 1.83. The van der Waals surface area contributed by atoms with Crippen molar-refractivity contribution in [1.82, 2.24) is 9.88 Å². The summed E-state index contributed by atoms with van der Waals surface area (Å²) in [5, 5.41) is 10.5. The topological polar surface area (TPSA) is 88.7 Å². The van der Waals surface area contributed by atoms with E-state index in [1.807, 2.05) is 0 Å². The summed E-state index contributed by atoms with van der Waals surface area (Å²) in [5.41, 5.74) is 5.96. The van der Waals surface area contributed by atoms with Gasteiger partial charge in [0.05, 0.1) is 23.8 Å². The van der Waals surface area contributed by atoms with E-state index in [-0.39, 0.29) is 34.0 Å². The quantitative estimate of drug-likeness (QED) is 0.685. The minimum atomic E-state index is -0.328. The Hall–Kier alpha value is -1.37. The van der Waals surface area contributed by atoms with Gasteiger partial charge in [-0.15, -0.1) is 0 Å². The lowest BCUT2D eigenvalue weighted by atomic mass is 9.87. The Morgan fingerprint density at radius 1 is 1.44 bits per heavy atom. The fourth-order valence-electron chi connectivity index (χ4n) is 3.29. The number of aromatic nitrogens is 1. The third-order valence-corrected chi connectivity index (χ3v) is 5.68. The third kappa shape index (κ3) is 6.06. The number of aliphatic hydroxyl groups is 1. The van der Waals surface area contributed by atoms with Crippen molar-refractivity contribution >= 4 is 23.2 Å². The van der Waals surface area contributed by atoms with E-state index >= 15 is 0 Å². The van der Waals surface area contributed by atoms with Crippen LogP contribution < -0.4 is 10.5 Å². The molecule has 0 spiro atoms. The van der Waals surface area contributed by atoms with Crippen LogP contribution in [0.25, 0.3) is 0 Å². The largest absolute Gasteiger partial charge is 0.480 e. The molecule has 0 aliphatic carbocycles. The molecule has 1 aromatic rings. The minimum absolute atomic E-state index is 0.0214. The van der Waals surface area contributed by atoms with Gasteiger partial charge in [-0.3, -0.25) is 4.79 Å². The zero-order valence-corrected chi connectivity index (χ0v) is 17.6. The molecule has 0 bridgehead atoms. The van der Waals surface area contributed by atoms with Gasteiger partial charge in [0, 0.05) is 13.0 Å². The number of piperidine rings is 1. The number of anilines is 1. The van der Waals surface area contributed by atoms with E-state index in [9.17, 15) is 9.90 Å². The second-order valence-corrected chi connectivity index (χ2v) is 8.91. The molecule has 1 aliphatic rings. The van der Waals surface area contributed by atoms with E-state index < -0.39 is 0 Å². The number of β-amino-alcohol motifs (C(OH)–C–C–N with tert-alkyl or cyclic N) is 1. The number of nitrogens with zero attached hydrogens (tertiary/aromatic N) is 2. The van der Waals surface area contributed by atoms with Crippen LogP contribution in [0.4, 0.5) is 5.82 Å². The molecule has 1 atom stereocenters. The highest BCUT2D eigenvalue weighted by molar-refractivity contribution is 6.33. The first-order chi connectivity index (χ1) is 12.6. The zero-order chi connectivity index (χ0) is 20.2. The molecule has 27 heavy (non-hydrogen) atoms. The molecule has 1 saturated heterocycles. The number of rotatable bonds is 7. The lowest BCUT2D eigenvalue weighted by Crippen LogP contribution is -2.43. The van der Waals surface area contributed by atoms with E-state index in [0.717, 1.165) is 32.4 Å². The number of Topliss-reactive ketones (excluding diaryl/α,β-unsaturated/α-hetero) is 1. The summed E-state index contributed by atoms with van der Waals surface area (Å²) < 4.78 is 5.17. The smallest absolute Gasteiger partial charge is 0.226 e. The zero-order valence-electron chi connectivity index (χ0n) is 16.8. The maximum absolute atomic E-state index is 12.6. The Morgan fingerprint density at radius 2 is 2.07 bits per heavy atom. The van der Waals surface area contributed by atoms with Crippen molar-refractivity contribution in [2.75, 3.05) is 32.5 Å². The average molecular weight is 398 g/mol. The highest BCUT2D eigenvalue weighted by Crippen LogP contribution is 2.29. The lowest BCUT2D eigenvalue weighted by Gasteiger charge is -2.36. The molecule has 1 unspecified atom stereocenters. The summed E-state index contributed by atoms with van der Waals surface area (Å²) in [6.07, 6.45) is 3.03. The number of pyridine rings is 1. The van der Waals surface area contributed by atoms with E-state index in [4.69, 9.17) is 22.1 Å². The molecule has 0 amide bonds. The van der Waals surface area contributed by atoms with Crippen molar-refractivity contribution in [3.63, 3.8) is 0 Å². The molecule has 1 aliphatic heterocycles. The number of hydrogen-bond acceptors (Lipinski definition) is 6. The monoisotopic (exact) mass is 397 g/mol. The summed E-state index contributed by atoms with van der Waals surface area (Å²) in [5.74, 6) is 0.884. The number of halogens is 1. The van der Waals surface area contributed by atoms with Crippen LogP contribution >= 0.6 is 11.6 Å². The molecule has 2 heterocycles. The molecule has 7 heteroatoms. The molecule has 1 fully saturated rings. The van der Waals surface area contributed by atoms with Crippen molar-refractivity contribution < 1.29 is 14.6 Å². The van der Waals surface area contributed by atoms with Crippen LogP contribution in [0.3, 0.4) is 0 Å². The van der Waals surface area contributed by atoms with Gasteiger partial charge in [0.15, 0.2) is 5.78 Å². The predicted octanol–water partition coefficient (Wildman–Crippen LogP) is 3.41. The van der Waals surface area contributed by atoms with Crippen LogP contribution in [-0.4, -0.2) is 53.6 Å². The van der Waals surface area contributed by atoms with Crippen LogP contribution in [0.5, 0.6) is 5.88 Å². The number of carbonyl (C=O) groups is 1. The van der Waals surface area contributed by atoms with Crippen LogP contribution in [0, 0.1) is 11.3 Å². The Labute approximate surface area is 167 Å². The molecule has 1 aromatic heterocycles. The minimum Gasteiger partial charge on any atom is -0.480 e. The van der Waals surface area contributed by atoms with E-state index in [2.05, 4.69) is 30.7 Å². The van der Waals surface area contributed by atoms with Gasteiger partial charge in [-0.1, -0.05) is 32.4 Å². The van der Waals surface area contributed by atoms with Gasteiger partial charge in [-0.05, 0) is 49.8 Å². The van der Waals surface area contributed by atoms with E-state index in [0.29, 0.717) is 24.4 Å². The molecular formula is C20H32ClN3O3. The van der Waals surface area contributed by atoms with Gasteiger partial charge in [0.25, 0.3) is 0 Å². The third-order valence-electron chi connectivity index (χ3n) is 5.38. The van der Waals surface area contributed by atoms with Crippen LogP contribution in [-0.2, 0) is 0 Å². The number of ether oxygens (including phenoxy) is 1. The van der Waals surface area contributed by atoms with Gasteiger partial charge in [0.2, 0.25) is 5.88 Å². The number of nitrogens with two attached hydrogens (primary N) is 1. The fourth-order valence-corrected chi connectivity index (χ4v) is 3.44. The Kier molecular flexibility index (Phi) is 7.48. The number of aliphatic hydroxyl groups excluding tert-OH is 1. The number of methoxy groups -OCH3 is 1. The summed E-state index contributed by atoms with van der Waals surface area (Å²) in [6, 6.07) is 1.54. The molecule has 0 aromatic carbocycles. The van der Waals surface area contributed by atoms with Gasteiger partial charge in [-0.2, -0.15) is 4.98 Å². The highest BCUT2D eigenvalue weighted by atomic mass is 35.5. The first-order valence-corrected chi connectivity index (χ1v) is 9.93. The molecule has 0 radical (unpaired) electrons. The van der Waals surface area contributed by atoms with E-state index in [1.165, 1.54) is 7.11 Å². The van der Waals surface area contributed by atoms with E-state index in [1.54, 1.807) is 6.07 Å². The molecule has 152 valence electrons. The number of ketones is 1. The van der Waals surface area contributed by atoms with Crippen LogP contribution in [0.2, 0.25) is 5.02 Å². The van der Waals surface area contributed by atoms with Crippen LogP contribution in [0.15, 0.2) is 6.07 Å². The summed E-state index contributed by atoms with van der Waals surface area (Å²) in [6.45, 7) is 8.81. The summed E-state index contributed by atoms with van der Waals surface area (Å²) in [7, 11) is 1.47. The van der Waals surface area contributed by atoms with Gasteiger partial charge in [-0.25, -0.2) is 0 Å². The Morgan fingerprint density at radius 3 is 2.63 bits per heavy atom. The first kappa shape index (κ1) is 21.9. The van der Waals surface area contributed by atoms with Crippen molar-refractivity contribution in [3.05, 3.63) is 16.7 Å². The van der Waals surface area contributed by atoms with Gasteiger partial charge < -0.3 is 20.5 Å². The second-order valence-electron chi connectivity index (χ2n) is 8.50. The van der Waals surface area contributed by atoms with Gasteiger partial charge >= 0.3 is 0 Å². The maximum atomic E-state index is 12.6. The first-order valence-electron chi connectivity index (χ1n) is 9.55. The summed E-state index contributed by atoms with van der Waals surface area (Å²) >= 11 is 6.00. The van der Waals surface area contributed by atoms with Crippen LogP contribution in [0.1, 0.15) is 56.8 Å². The molecule has 2 rings (SSSR count). The average Bonchev–Trinajstić information content (AvgIpc) is 2.61. The predicted molar refractivity (Wildman–Crippen MR) is 108 cm³/mol. The van der Waals surface area contributed by atoms with Crippen molar-refractivity contribution in [2.24, 2.45) is 11.3 Å². The summed E-state index contributed by atoms with van der Waals surface area (Å²) in [4.78, 5) is 18.9. The standard InChI is InChI=1S/C20H32ClN3O3/c1-20(2,3)17(26)12-24-9-7-13(8-10-24)5-6-16(25)14-11-15(21)18(22)23-19(14)27-4/h11,13,17,26H,5-10,12H2,1-4H3,(H2,22,23). The molecular weight excluding hydrogens is 366 g/mol. The number of hydrogen-bond donors (Lipinski definition) is 2.